The third-order valence-electron chi connectivity index (χ3n) is 4.06. The van der Waals surface area contributed by atoms with Gasteiger partial charge in [-0.2, -0.15) is 0 Å². The van der Waals surface area contributed by atoms with Crippen LogP contribution in [-0.4, -0.2) is 38.6 Å². The molecule has 0 bridgehead atoms. The van der Waals surface area contributed by atoms with E-state index >= 15 is 0 Å². The lowest BCUT2D eigenvalue weighted by Gasteiger charge is -2.27. The lowest BCUT2D eigenvalue weighted by atomic mass is 9.97. The van der Waals surface area contributed by atoms with E-state index in [1.807, 2.05) is 25.1 Å². The first-order valence-corrected chi connectivity index (χ1v) is 7.57. The molecule has 0 radical (unpaired) electrons. The molecule has 1 saturated heterocycles. The molecule has 22 heavy (non-hydrogen) atoms. The van der Waals surface area contributed by atoms with Crippen molar-refractivity contribution in [2.24, 2.45) is 11.7 Å². The molecule has 0 aliphatic carbocycles. The molecule has 4 N–H and O–H groups in total. The molecular formula is C16H24N3O3+. The van der Waals surface area contributed by atoms with Gasteiger partial charge in [0, 0.05) is 0 Å². The maximum Gasteiger partial charge on any atom is 0.279 e. The third kappa shape index (κ3) is 4.21. The molecule has 1 aliphatic rings. The van der Waals surface area contributed by atoms with Crippen molar-refractivity contribution >= 4 is 17.5 Å². The molecule has 1 heterocycles. The molecule has 2 atom stereocenters. The van der Waals surface area contributed by atoms with E-state index in [0.717, 1.165) is 29.8 Å². The van der Waals surface area contributed by atoms with Crippen molar-refractivity contribution in [1.29, 1.82) is 0 Å². The summed E-state index contributed by atoms with van der Waals surface area (Å²) < 4.78 is 5.26. The number of primary amides is 1. The van der Waals surface area contributed by atoms with Crippen LogP contribution in [0.25, 0.3) is 0 Å². The Bertz CT molecular complexity index is 560. The summed E-state index contributed by atoms with van der Waals surface area (Å²) in [5.41, 5.74) is 7.10. The van der Waals surface area contributed by atoms with Crippen LogP contribution in [0.2, 0.25) is 0 Å². The number of carbonyl (C=O) groups excluding carboxylic acids is 2. The van der Waals surface area contributed by atoms with Gasteiger partial charge in [-0.25, -0.2) is 0 Å². The Labute approximate surface area is 130 Å². The van der Waals surface area contributed by atoms with Crippen molar-refractivity contribution < 1.29 is 19.2 Å². The molecule has 6 nitrogen and oxygen atoms in total. The fourth-order valence-corrected chi connectivity index (χ4v) is 2.90. The van der Waals surface area contributed by atoms with Crippen LogP contribution >= 0.6 is 0 Å². The predicted molar refractivity (Wildman–Crippen MR) is 83.8 cm³/mol. The van der Waals surface area contributed by atoms with Crippen LogP contribution in [0.4, 0.5) is 5.69 Å². The largest absolute Gasteiger partial charge is 0.495 e. The van der Waals surface area contributed by atoms with Crippen LogP contribution in [-0.2, 0) is 9.59 Å². The normalized spacial score (nSPS) is 21.2. The summed E-state index contributed by atoms with van der Waals surface area (Å²) in [4.78, 5) is 24.6. The SMILES string of the molecule is COc1ccc(C)cc1NC(=O)C[NH+]1CCC[C@@H](C(N)=O)C1. The molecule has 2 amide bonds. The van der Waals surface area contributed by atoms with E-state index in [9.17, 15) is 9.59 Å². The van der Waals surface area contributed by atoms with Crippen LogP contribution in [0.15, 0.2) is 18.2 Å². The van der Waals surface area contributed by atoms with E-state index in [1.165, 1.54) is 0 Å². The van der Waals surface area contributed by atoms with Crippen LogP contribution in [0, 0.1) is 12.8 Å². The average Bonchev–Trinajstić information content (AvgIpc) is 2.47. The van der Waals surface area contributed by atoms with Crippen molar-refractivity contribution in [3.8, 4) is 5.75 Å². The van der Waals surface area contributed by atoms with Crippen molar-refractivity contribution in [2.75, 3.05) is 32.1 Å². The summed E-state index contributed by atoms with van der Waals surface area (Å²) in [6.45, 7) is 3.82. The second-order valence-electron chi connectivity index (χ2n) is 5.87. The Hall–Kier alpha value is -2.08. The summed E-state index contributed by atoms with van der Waals surface area (Å²) in [5.74, 6) is 0.176. The van der Waals surface area contributed by atoms with Gasteiger partial charge in [0.1, 0.15) is 5.75 Å². The molecule has 0 aromatic heterocycles. The van der Waals surface area contributed by atoms with Gasteiger partial charge in [0.05, 0.1) is 31.8 Å². The fourth-order valence-electron chi connectivity index (χ4n) is 2.90. The topological polar surface area (TPSA) is 85.9 Å². The van der Waals surface area contributed by atoms with Gasteiger partial charge in [0.25, 0.3) is 5.91 Å². The monoisotopic (exact) mass is 306 g/mol. The number of hydrogen-bond donors (Lipinski definition) is 3. The highest BCUT2D eigenvalue weighted by Gasteiger charge is 2.28. The maximum absolute atomic E-state index is 12.2. The minimum Gasteiger partial charge on any atom is -0.495 e. The minimum atomic E-state index is -0.266. The molecule has 0 spiro atoms. The molecule has 0 saturated carbocycles. The number of nitrogens with two attached hydrogens (primary N) is 1. The van der Waals surface area contributed by atoms with Crippen molar-refractivity contribution in [3.63, 3.8) is 0 Å². The van der Waals surface area contributed by atoms with Crippen LogP contribution in [0.3, 0.4) is 0 Å². The smallest absolute Gasteiger partial charge is 0.279 e. The standard InChI is InChI=1S/C16H23N3O3/c1-11-5-6-14(22-2)13(8-11)18-15(20)10-19-7-3-4-12(9-19)16(17)21/h5-6,8,12H,3-4,7,9-10H2,1-2H3,(H2,17,21)(H,18,20)/p+1/t12-/m1/s1. The van der Waals surface area contributed by atoms with E-state index in [-0.39, 0.29) is 17.7 Å². The Morgan fingerprint density at radius 3 is 2.91 bits per heavy atom. The van der Waals surface area contributed by atoms with E-state index in [0.29, 0.717) is 24.5 Å². The van der Waals surface area contributed by atoms with Gasteiger partial charge >= 0.3 is 0 Å². The number of hydrogen-bond acceptors (Lipinski definition) is 3. The quantitative estimate of drug-likeness (QED) is 0.699. The average molecular weight is 306 g/mol. The number of benzene rings is 1. The molecule has 2 rings (SSSR count). The van der Waals surface area contributed by atoms with E-state index in [2.05, 4.69) is 5.32 Å². The Morgan fingerprint density at radius 2 is 2.23 bits per heavy atom. The van der Waals surface area contributed by atoms with Gasteiger partial charge in [0.15, 0.2) is 6.54 Å². The van der Waals surface area contributed by atoms with Gasteiger partial charge < -0.3 is 20.7 Å². The first-order chi connectivity index (χ1) is 10.5. The van der Waals surface area contributed by atoms with E-state index < -0.39 is 0 Å². The molecule has 1 fully saturated rings. The highest BCUT2D eigenvalue weighted by atomic mass is 16.5. The number of anilines is 1. The summed E-state index contributed by atoms with van der Waals surface area (Å²) in [5, 5.41) is 2.89. The summed E-state index contributed by atoms with van der Waals surface area (Å²) in [7, 11) is 1.58. The van der Waals surface area contributed by atoms with Gasteiger partial charge in [-0.15, -0.1) is 0 Å². The molecule has 1 unspecified atom stereocenters. The first-order valence-electron chi connectivity index (χ1n) is 7.57. The number of ether oxygens (including phenoxy) is 1. The second-order valence-corrected chi connectivity index (χ2v) is 5.87. The molecule has 1 aromatic carbocycles. The Kier molecular flexibility index (Phi) is 5.38. The van der Waals surface area contributed by atoms with E-state index in [1.54, 1.807) is 7.11 Å². The highest BCUT2D eigenvalue weighted by molar-refractivity contribution is 5.93. The number of quaternary nitrogens is 1. The van der Waals surface area contributed by atoms with E-state index in [4.69, 9.17) is 10.5 Å². The predicted octanol–water partition coefficient (Wildman–Crippen LogP) is -0.278. The van der Waals surface area contributed by atoms with Crippen LogP contribution < -0.4 is 20.7 Å². The molecule has 1 aromatic rings. The van der Waals surface area contributed by atoms with Gasteiger partial charge in [-0.1, -0.05) is 6.07 Å². The lowest BCUT2D eigenvalue weighted by Crippen LogP contribution is -3.14. The number of likely N-dealkylation sites (tertiary alicyclic amines) is 1. The van der Waals surface area contributed by atoms with Gasteiger partial charge in [-0.05, 0) is 37.5 Å². The van der Waals surface area contributed by atoms with Crippen molar-refractivity contribution in [3.05, 3.63) is 23.8 Å². The molecule has 6 heteroatoms. The fraction of sp³-hybridized carbons (Fsp3) is 0.500. The zero-order valence-electron chi connectivity index (χ0n) is 13.1. The minimum absolute atomic E-state index is 0.0796. The second kappa shape index (κ2) is 7.26. The lowest BCUT2D eigenvalue weighted by molar-refractivity contribution is -0.899. The number of nitrogens with one attached hydrogen (secondary N) is 2. The zero-order valence-corrected chi connectivity index (χ0v) is 13.1. The highest BCUT2D eigenvalue weighted by Crippen LogP contribution is 2.24. The number of rotatable bonds is 5. The molecule has 1 aliphatic heterocycles. The Balaban J connectivity index is 1.95. The Morgan fingerprint density at radius 1 is 1.45 bits per heavy atom. The summed E-state index contributed by atoms with van der Waals surface area (Å²) >= 11 is 0. The third-order valence-corrected chi connectivity index (χ3v) is 4.06. The summed E-state index contributed by atoms with van der Waals surface area (Å²) in [6.07, 6.45) is 1.75. The van der Waals surface area contributed by atoms with Crippen molar-refractivity contribution in [1.82, 2.24) is 0 Å². The number of piperidine rings is 1. The van der Waals surface area contributed by atoms with Gasteiger partial charge in [0.2, 0.25) is 5.91 Å². The number of carbonyl (C=O) groups is 2. The van der Waals surface area contributed by atoms with Crippen LogP contribution in [0.1, 0.15) is 18.4 Å². The summed E-state index contributed by atoms with van der Waals surface area (Å²) in [6, 6.07) is 5.65. The zero-order chi connectivity index (χ0) is 16.1. The molecule has 120 valence electrons. The van der Waals surface area contributed by atoms with Gasteiger partial charge in [-0.3, -0.25) is 9.59 Å². The number of amides is 2. The first kappa shape index (κ1) is 16.3. The number of methoxy groups -OCH3 is 1. The maximum atomic E-state index is 12.2. The molecular weight excluding hydrogens is 282 g/mol. The number of aryl methyl sites for hydroxylation is 1. The van der Waals surface area contributed by atoms with Crippen molar-refractivity contribution in [2.45, 2.75) is 19.8 Å². The van der Waals surface area contributed by atoms with Crippen LogP contribution in [0.5, 0.6) is 5.75 Å².